The second-order valence-electron chi connectivity index (χ2n) is 27.1. The number of nitrogens with two attached hydrogens (primary N) is 1. The van der Waals surface area contributed by atoms with Crippen molar-refractivity contribution in [2.24, 2.45) is 39.7 Å². The molecule has 4 heterocycles. The monoisotopic (exact) mass is 1390 g/mol. The maximum Gasteiger partial charge on any atom is 0.312 e. The number of carbonyl (C=O) groups is 6. The Morgan fingerprint density at radius 3 is 1.34 bits per heavy atom. The van der Waals surface area contributed by atoms with Crippen molar-refractivity contribution >= 4 is 68.2 Å². The highest BCUT2D eigenvalue weighted by molar-refractivity contribution is 5.97. The summed E-state index contributed by atoms with van der Waals surface area (Å²) in [5, 5.41) is 30.1. The van der Waals surface area contributed by atoms with Gasteiger partial charge in [0, 0.05) is 69.1 Å². The number of pyridine rings is 3. The van der Waals surface area contributed by atoms with Crippen LogP contribution >= 0.6 is 0 Å². The number of fused-ring (bicyclic) bond motifs is 3. The Kier molecular flexibility index (Phi) is 22.6. The number of nitrogens with one attached hydrogen (secondary N) is 3. The number of hydrogen-bond acceptors (Lipinski definition) is 17. The van der Waals surface area contributed by atoms with Crippen molar-refractivity contribution in [3.05, 3.63) is 214 Å². The Morgan fingerprint density at radius 1 is 0.539 bits per heavy atom. The smallest absolute Gasteiger partial charge is 0.312 e. The number of para-hydroxylation sites is 3. The zero-order chi connectivity index (χ0) is 72.5. The molecule has 4 fully saturated rings. The third kappa shape index (κ3) is 16.0. The van der Waals surface area contributed by atoms with Crippen molar-refractivity contribution in [3.8, 4) is 17.2 Å². The van der Waals surface area contributed by atoms with E-state index in [0.29, 0.717) is 69.3 Å². The number of rotatable bonds is 25. The van der Waals surface area contributed by atoms with E-state index in [1.54, 1.807) is 22.5 Å². The Hall–Kier alpha value is -10.5. The van der Waals surface area contributed by atoms with Gasteiger partial charge in [0.2, 0.25) is 29.5 Å². The number of carbonyl (C=O) groups excluding carboxylic acids is 6. The molecule has 0 spiro atoms. The van der Waals surface area contributed by atoms with Crippen LogP contribution in [0.4, 0.5) is 4.39 Å². The quantitative estimate of drug-likeness (QED) is 0.0159. The number of aryl methyl sites for hydroxylation is 3. The van der Waals surface area contributed by atoms with E-state index in [1.165, 1.54) is 19.2 Å². The first-order valence-corrected chi connectivity index (χ1v) is 34.4. The van der Waals surface area contributed by atoms with Crippen LogP contribution in [0, 0.1) is 39.8 Å². The Labute approximate surface area is 590 Å². The molecule has 3 aromatic heterocycles. The number of hydroxylamine groups is 3. The zero-order valence-electron chi connectivity index (χ0n) is 58.0. The first kappa shape index (κ1) is 72.8. The highest BCUT2D eigenvalue weighted by Crippen LogP contribution is 2.58. The molecule has 13 rings (SSSR count). The summed E-state index contributed by atoms with van der Waals surface area (Å²) in [6, 6.07) is 50.0. The number of halogens is 1. The lowest BCUT2D eigenvalue weighted by molar-refractivity contribution is -0.149. The molecule has 6 aromatic carbocycles. The molecular formula is C79H86FN9O13. The lowest BCUT2D eigenvalue weighted by Gasteiger charge is -2.25. The third-order valence-corrected chi connectivity index (χ3v) is 20.4. The van der Waals surface area contributed by atoms with Crippen molar-refractivity contribution in [3.63, 3.8) is 0 Å². The number of amides is 5. The minimum absolute atomic E-state index is 0.00655. The van der Waals surface area contributed by atoms with E-state index in [0.717, 1.165) is 109 Å². The van der Waals surface area contributed by atoms with E-state index in [-0.39, 0.29) is 31.1 Å². The molecule has 4 aliphatic rings. The van der Waals surface area contributed by atoms with Crippen LogP contribution in [0.1, 0.15) is 96.9 Å². The zero-order valence-corrected chi connectivity index (χ0v) is 58.0. The number of aromatic nitrogens is 3. The van der Waals surface area contributed by atoms with Crippen LogP contribution in [0.5, 0.6) is 17.2 Å². The van der Waals surface area contributed by atoms with E-state index in [9.17, 15) is 38.4 Å². The number of primary amides is 1. The van der Waals surface area contributed by atoms with Gasteiger partial charge >= 0.3 is 5.97 Å². The van der Waals surface area contributed by atoms with Gasteiger partial charge in [0.1, 0.15) is 31.3 Å². The van der Waals surface area contributed by atoms with Crippen molar-refractivity contribution in [2.75, 3.05) is 34.3 Å². The van der Waals surface area contributed by atoms with Crippen molar-refractivity contribution in [1.82, 2.24) is 41.2 Å². The Bertz CT molecular complexity index is 4580. The maximum atomic E-state index is 14.8. The second-order valence-corrected chi connectivity index (χ2v) is 27.1. The Morgan fingerprint density at radius 2 is 0.931 bits per heavy atom. The average molecular weight is 1390 g/mol. The molecule has 22 nitrogen and oxygen atoms in total. The largest absolute Gasteiger partial charge is 0.489 e. The van der Waals surface area contributed by atoms with E-state index in [1.807, 2.05) is 147 Å². The number of hydrogen-bond donors (Lipinski definition) is 7. The Balaban J connectivity index is 0.000000155. The van der Waals surface area contributed by atoms with Gasteiger partial charge in [0.25, 0.3) is 0 Å². The van der Waals surface area contributed by atoms with Crippen LogP contribution in [0.25, 0.3) is 32.7 Å². The summed E-state index contributed by atoms with van der Waals surface area (Å²) in [4.78, 5) is 91.7. The summed E-state index contributed by atoms with van der Waals surface area (Å²) in [6.45, 7) is 8.57. The molecule has 3 saturated carbocycles. The van der Waals surface area contributed by atoms with Crippen LogP contribution in [0.15, 0.2) is 158 Å². The molecule has 0 radical (unpaired) electrons. The topological polar surface area (TPSA) is 307 Å². The van der Waals surface area contributed by atoms with Crippen LogP contribution in [0.2, 0.25) is 0 Å². The number of ether oxygens (including phenoxy) is 4. The maximum absolute atomic E-state index is 14.8. The number of nitrogens with zero attached hydrogens (tertiary/aromatic N) is 5. The normalized spacial score (nSPS) is 20.6. The molecule has 5 amide bonds. The number of esters is 1. The summed E-state index contributed by atoms with van der Waals surface area (Å²) >= 11 is 0. The fraction of sp³-hybridized carbons (Fsp3) is 0.354. The van der Waals surface area contributed by atoms with Crippen molar-refractivity contribution in [2.45, 2.75) is 111 Å². The molecule has 7 atom stereocenters. The lowest BCUT2D eigenvalue weighted by Crippen LogP contribution is -2.41. The summed E-state index contributed by atoms with van der Waals surface area (Å²) in [5.41, 5.74) is 18.9. The number of methoxy groups -OCH3 is 1. The van der Waals surface area contributed by atoms with Crippen LogP contribution < -0.4 is 36.4 Å². The molecule has 0 bridgehead atoms. The van der Waals surface area contributed by atoms with Crippen molar-refractivity contribution < 1.29 is 67.7 Å². The van der Waals surface area contributed by atoms with Gasteiger partial charge in [-0.05, 0) is 168 Å². The molecule has 3 aliphatic carbocycles. The first-order chi connectivity index (χ1) is 49.2. The van der Waals surface area contributed by atoms with Gasteiger partial charge in [-0.15, -0.1) is 0 Å². The highest BCUT2D eigenvalue weighted by atomic mass is 19.1. The van der Waals surface area contributed by atoms with E-state index >= 15 is 0 Å². The lowest BCUT2D eigenvalue weighted by atomic mass is 9.92. The first-order valence-electron chi connectivity index (χ1n) is 34.4. The van der Waals surface area contributed by atoms with E-state index in [4.69, 9.17) is 40.1 Å². The summed E-state index contributed by atoms with van der Waals surface area (Å²) in [6.07, 6.45) is 5.31. The second kappa shape index (κ2) is 31.6. The molecule has 102 heavy (non-hydrogen) atoms. The van der Waals surface area contributed by atoms with Gasteiger partial charge in [-0.3, -0.25) is 59.3 Å². The molecule has 1 aliphatic heterocycles. The molecule has 8 N–H and O–H groups in total. The molecule has 532 valence electrons. The molecule has 0 unspecified atom stereocenters. The van der Waals surface area contributed by atoms with E-state index < -0.39 is 69.4 Å². The predicted octanol–water partition coefficient (Wildman–Crippen LogP) is 10.3. The fourth-order valence-electron chi connectivity index (χ4n) is 14.2. The van der Waals surface area contributed by atoms with Gasteiger partial charge < -0.3 is 34.5 Å². The minimum atomic E-state index is -1.11. The van der Waals surface area contributed by atoms with Gasteiger partial charge in [0.15, 0.2) is 11.6 Å². The summed E-state index contributed by atoms with van der Waals surface area (Å²) in [7, 11) is 5.29. The van der Waals surface area contributed by atoms with Gasteiger partial charge in [-0.2, -0.15) is 0 Å². The summed E-state index contributed by atoms with van der Waals surface area (Å²) < 4.78 is 37.6. The predicted molar refractivity (Wildman–Crippen MR) is 378 cm³/mol. The number of benzene rings is 6. The fourth-order valence-corrected chi connectivity index (χ4v) is 14.2. The summed E-state index contributed by atoms with van der Waals surface area (Å²) in [5.74, 6) is -3.68. The standard InChI is InChI=1S/C30H36N4O4.C25H25FN2O5.C24H25N3O4/c1-4-22-15-21(25-7-5-6-8-27(25)31-22)19-38-24-11-9-20(10-12-24)16-30(17-26(30)28(35)32-37)29(36)34-14-13-23(18-34)33(2)3;1-3-17-11-16(18-6-4-5-7-21(18)27-17)14-33-22-9-8-15(10-20(22)26)12-25(24(30)32-2)13-19(25)23(29)28-31;1-2-17-11-16(19-5-3-4-6-21(19)26-17)14-31-18-9-7-15(8-10-18)12-24(23(25)29)13-20(24)22(28)27-30/h5-12,15,23,26,37H,4,13-14,16-19H2,1-3H3,(H,32,35);4-11,19,31H,3,12-14H2,1-2H3,(H,28,29);3-11,20,30H,2,12-14H2,1H3,(H2,25,29)(H,27,28)/t23-,26+,30-;19-,25+;20-,24+/m011/s1. The number of likely N-dealkylation sites (tertiary alicyclic amines) is 1. The molecule has 1 saturated heterocycles. The van der Waals surface area contributed by atoms with Gasteiger partial charge in [0.05, 0.1) is 57.7 Å². The minimum Gasteiger partial charge on any atom is -0.489 e. The molecule has 23 heteroatoms. The van der Waals surface area contributed by atoms with E-state index in [2.05, 4.69) is 46.9 Å². The average Bonchev–Trinajstić information content (AvgIpc) is 1.58. The SMILES string of the molecule is CCc1cc(COc2ccc(C[C@]3(C(=O)N4CC[C@H](N(C)C)C4)C[C@@H]3C(=O)NO)cc2)c2ccccc2n1.CCc1cc(COc2ccc(C[C@]3(C(=O)OC)C[C@@H]3C(=O)NO)cc2F)c2ccccc2n1.CCc1cc(COc2ccc(C[C@]3(C(N)=O)C[C@@H]3C(=O)NO)cc2)c2ccccc2n1. The number of likely N-dealkylation sites (N-methyl/N-ethyl adjacent to an activating group) is 1. The highest BCUT2D eigenvalue weighted by Gasteiger charge is 2.66. The van der Waals surface area contributed by atoms with Gasteiger partial charge in [-0.1, -0.05) is 106 Å². The molecular weight excluding hydrogens is 1300 g/mol. The van der Waals surface area contributed by atoms with Gasteiger partial charge in [-0.25, -0.2) is 20.8 Å². The third-order valence-electron chi connectivity index (χ3n) is 20.4. The van der Waals surface area contributed by atoms with Crippen LogP contribution in [-0.4, -0.2) is 116 Å². The van der Waals surface area contributed by atoms with Crippen LogP contribution in [-0.2, 0) is 91.8 Å². The molecule has 9 aromatic rings. The van der Waals surface area contributed by atoms with Crippen LogP contribution in [0.3, 0.4) is 0 Å². The van der Waals surface area contributed by atoms with Crippen molar-refractivity contribution in [1.29, 1.82) is 0 Å².